The van der Waals surface area contributed by atoms with E-state index in [2.05, 4.69) is 146 Å². The van der Waals surface area contributed by atoms with Gasteiger partial charge in [-0.05, 0) is 108 Å². The quantitative estimate of drug-likeness (QED) is 0.0870. The molecule has 346 valence electrons. The maximum absolute atomic E-state index is 6.28. The number of hydrogen-bond donors (Lipinski definition) is 2. The number of fused-ring (bicyclic) bond motifs is 2. The summed E-state index contributed by atoms with van der Waals surface area (Å²) < 4.78 is 34.8. The Bertz CT molecular complexity index is 2570. The molecule has 8 aromatic rings. The van der Waals surface area contributed by atoms with E-state index < -0.39 is 15.8 Å². The molecule has 10 rings (SSSR count). The molecule has 0 radical (unpaired) electrons. The van der Waals surface area contributed by atoms with E-state index in [0.717, 1.165) is 56.8 Å². The molecule has 8 aromatic carbocycles. The third-order valence-corrected chi connectivity index (χ3v) is 17.5. The van der Waals surface area contributed by atoms with Crippen LogP contribution in [-0.2, 0) is 21.6 Å². The van der Waals surface area contributed by atoms with Crippen LogP contribution in [0.4, 0.5) is 0 Å². The van der Waals surface area contributed by atoms with E-state index in [-0.39, 0.29) is 40.8 Å². The summed E-state index contributed by atoms with van der Waals surface area (Å²) >= 11 is -0.346. The molecular weight excluding hydrogens is 1020 g/mol. The van der Waals surface area contributed by atoms with Crippen molar-refractivity contribution in [3.63, 3.8) is 0 Å². The van der Waals surface area contributed by atoms with Crippen molar-refractivity contribution >= 4 is 67.1 Å². The molecule has 2 unspecified atom stereocenters. The molecule has 68 heavy (non-hydrogen) atoms. The monoisotopic (exact) mass is 1070 g/mol. The molecule has 0 saturated heterocycles. The molecule has 8 nitrogen and oxygen atoms in total. The third-order valence-electron chi connectivity index (χ3n) is 11.8. The summed E-state index contributed by atoms with van der Waals surface area (Å²) in [6.45, 7) is 0.431. The molecule has 0 saturated carbocycles. The standard InChI is InChI=1S/C39H30O4P2.C16H20N2O2.2ClH.Ru/c1-5-13-28(14-6-1)44(29-15-7-2-8-16-29)36-23-21-34-38(42-26-40-34)32(36)25-33-37(24-22-35-39(33)43-27-41-35)45(30-17-9-3-10-18-30)31-19-11-4-12-20-31;1-19-13-7-3-11(4-8-13)15(17)16(18)12-5-9-14(20-2)10-6-12;;;/h1-24H,25-27H2;3-10,15-16H,17-18H2,1-2H3;2*1H;/q;;;;+4. The van der Waals surface area contributed by atoms with Crippen molar-refractivity contribution in [2.45, 2.75) is 18.5 Å². The van der Waals surface area contributed by atoms with Gasteiger partial charge in [-0.15, -0.1) is 0 Å². The average Bonchev–Trinajstić information content (AvgIpc) is 4.10. The summed E-state index contributed by atoms with van der Waals surface area (Å²) in [5.74, 6) is 4.85. The molecule has 0 amide bonds. The predicted molar refractivity (Wildman–Crippen MR) is 280 cm³/mol. The van der Waals surface area contributed by atoms with Crippen LogP contribution in [-0.4, -0.2) is 27.8 Å². The first kappa shape index (κ1) is 49.0. The summed E-state index contributed by atoms with van der Waals surface area (Å²) in [7, 11) is 10.2. The van der Waals surface area contributed by atoms with Gasteiger partial charge in [0.25, 0.3) is 0 Å². The maximum atomic E-state index is 6.28. The van der Waals surface area contributed by atoms with Crippen molar-refractivity contribution in [3.8, 4) is 34.5 Å². The van der Waals surface area contributed by atoms with Crippen LogP contribution in [0.5, 0.6) is 34.5 Å². The number of halogens is 2. The van der Waals surface area contributed by atoms with Crippen molar-refractivity contribution in [2.24, 2.45) is 11.5 Å². The molecule has 4 N–H and O–H groups in total. The van der Waals surface area contributed by atoms with Gasteiger partial charge in [0.05, 0.1) is 30.1 Å². The maximum Gasteiger partial charge on any atom is 0.231 e. The van der Waals surface area contributed by atoms with Crippen LogP contribution in [0, 0.1) is 0 Å². The van der Waals surface area contributed by atoms with E-state index in [1.54, 1.807) is 14.2 Å². The summed E-state index contributed by atoms with van der Waals surface area (Å²) in [5, 5.41) is 7.88. The van der Waals surface area contributed by atoms with Gasteiger partial charge in [-0.1, -0.05) is 97.1 Å². The largest absolute Gasteiger partial charge is 0.454 e. The Morgan fingerprint density at radius 2 is 0.765 bits per heavy atom. The van der Waals surface area contributed by atoms with Crippen molar-refractivity contribution in [3.05, 3.63) is 216 Å². The van der Waals surface area contributed by atoms with E-state index >= 15 is 0 Å². The number of rotatable bonds is 13. The van der Waals surface area contributed by atoms with Gasteiger partial charge in [0.1, 0.15) is 43.3 Å². The van der Waals surface area contributed by atoms with Gasteiger partial charge in [-0.2, -0.15) is 0 Å². The second kappa shape index (κ2) is 24.2. The smallest absolute Gasteiger partial charge is 0.231 e. The molecular formula is C55H52Cl2N2O6P2Ru+4. The van der Waals surface area contributed by atoms with Gasteiger partial charge in [0.2, 0.25) is 13.6 Å². The SMILES string of the molecule is COc1ccc(C(N)C(N)c2ccc(OC)cc2)cc1.[Cl][Ru+2][Cl].c1ccc([PH+](c2ccccc2)c2ccc3c(c2Cc2c([PH+](c4ccccc4)c4ccccc4)ccc4c2OCO4)OCO3)cc1. The number of hydrogen-bond acceptors (Lipinski definition) is 8. The van der Waals surface area contributed by atoms with Crippen LogP contribution < -0.4 is 71.7 Å². The van der Waals surface area contributed by atoms with Crippen LogP contribution in [0.2, 0.25) is 0 Å². The van der Waals surface area contributed by atoms with Gasteiger partial charge >= 0.3 is 34.5 Å². The van der Waals surface area contributed by atoms with Crippen molar-refractivity contribution in [1.82, 2.24) is 0 Å². The fourth-order valence-corrected chi connectivity index (χ4v) is 14.0. The fraction of sp³-hybridized carbons (Fsp3) is 0.127. The number of nitrogens with two attached hydrogens (primary N) is 2. The summed E-state index contributed by atoms with van der Waals surface area (Å²) in [4.78, 5) is 0. The minimum Gasteiger partial charge on any atom is -0.454 e. The van der Waals surface area contributed by atoms with E-state index in [9.17, 15) is 0 Å². The number of methoxy groups -OCH3 is 2. The van der Waals surface area contributed by atoms with Gasteiger partial charge in [0.15, 0.2) is 23.0 Å². The summed E-state index contributed by atoms with van der Waals surface area (Å²) in [5.41, 5.74) is 16.7. The van der Waals surface area contributed by atoms with E-state index in [1.807, 2.05) is 48.5 Å². The minimum absolute atomic E-state index is 0.215. The molecule has 0 aromatic heterocycles. The van der Waals surface area contributed by atoms with Crippen molar-refractivity contribution < 1.29 is 43.6 Å². The van der Waals surface area contributed by atoms with Gasteiger partial charge in [-0.3, -0.25) is 0 Å². The summed E-state index contributed by atoms with van der Waals surface area (Å²) in [6, 6.07) is 66.9. The molecule has 0 spiro atoms. The first-order valence-corrected chi connectivity index (χ1v) is 29.3. The van der Waals surface area contributed by atoms with Crippen molar-refractivity contribution in [2.75, 3.05) is 27.8 Å². The second-order valence-electron chi connectivity index (χ2n) is 15.7. The van der Waals surface area contributed by atoms with E-state index in [0.29, 0.717) is 6.42 Å². The van der Waals surface area contributed by atoms with Crippen LogP contribution in [0.25, 0.3) is 0 Å². The topological polar surface area (TPSA) is 107 Å². The van der Waals surface area contributed by atoms with E-state index in [4.69, 9.17) is 59.3 Å². The van der Waals surface area contributed by atoms with Gasteiger partial charge < -0.3 is 39.9 Å². The molecule has 0 aliphatic carbocycles. The first-order valence-electron chi connectivity index (χ1n) is 21.9. The molecule has 2 aliphatic heterocycles. The summed E-state index contributed by atoms with van der Waals surface area (Å²) in [6.07, 6.45) is 0.630. The van der Waals surface area contributed by atoms with Gasteiger partial charge in [0, 0.05) is 29.6 Å². The Hall–Kier alpha value is -5.46. The zero-order chi connectivity index (χ0) is 47.2. The molecule has 2 aliphatic rings. The Kier molecular flexibility index (Phi) is 17.4. The molecule has 2 atom stereocenters. The normalized spacial score (nSPS) is 12.9. The minimum atomic E-state index is -1.40. The van der Waals surface area contributed by atoms with Crippen LogP contribution >= 0.6 is 35.2 Å². The third kappa shape index (κ3) is 11.5. The number of benzene rings is 8. The first-order chi connectivity index (χ1) is 33.4. The average molecular weight is 1070 g/mol. The predicted octanol–water partition coefficient (Wildman–Crippen LogP) is 9.50. The van der Waals surface area contributed by atoms with Crippen molar-refractivity contribution in [1.29, 1.82) is 0 Å². The Morgan fingerprint density at radius 1 is 0.456 bits per heavy atom. The van der Waals surface area contributed by atoms with Crippen LogP contribution in [0.3, 0.4) is 0 Å². The fourth-order valence-electron chi connectivity index (χ4n) is 8.50. The zero-order valence-electron chi connectivity index (χ0n) is 37.5. The Balaban J connectivity index is 0.000000227. The molecule has 2 heterocycles. The zero-order valence-corrected chi connectivity index (χ0v) is 42.7. The van der Waals surface area contributed by atoms with Gasteiger partial charge in [-0.25, -0.2) is 0 Å². The molecule has 0 fully saturated rings. The van der Waals surface area contributed by atoms with E-state index in [1.165, 1.54) is 31.8 Å². The second-order valence-corrected chi connectivity index (χ2v) is 23.2. The molecule has 13 heteroatoms. The number of ether oxygens (including phenoxy) is 6. The van der Waals surface area contributed by atoms with Crippen LogP contribution in [0.15, 0.2) is 194 Å². The molecule has 0 bridgehead atoms. The van der Waals surface area contributed by atoms with Crippen LogP contribution in [0.1, 0.15) is 34.3 Å². The Labute approximate surface area is 416 Å². The Morgan fingerprint density at radius 3 is 1.06 bits per heavy atom.